The van der Waals surface area contributed by atoms with Crippen molar-refractivity contribution in [3.63, 3.8) is 0 Å². The summed E-state index contributed by atoms with van der Waals surface area (Å²) < 4.78 is 0. The minimum atomic E-state index is 1.22. The highest BCUT2D eigenvalue weighted by molar-refractivity contribution is 5.81. The molecule has 0 aliphatic heterocycles. The molecule has 0 spiro atoms. The summed E-state index contributed by atoms with van der Waals surface area (Å²) in [6.45, 7) is 8.09. The Bertz CT molecular complexity index is 393. The first-order valence-corrected chi connectivity index (χ1v) is 4.17. The lowest BCUT2D eigenvalue weighted by molar-refractivity contribution is 1.36. The van der Waals surface area contributed by atoms with Crippen LogP contribution in [0.5, 0.6) is 0 Å². The fourth-order valence-corrected chi connectivity index (χ4v) is 1.20. The van der Waals surface area contributed by atoms with E-state index in [1.807, 2.05) is 18.5 Å². The van der Waals surface area contributed by atoms with E-state index >= 15 is 0 Å². The van der Waals surface area contributed by atoms with Gasteiger partial charge in [-0.25, -0.2) is 0 Å². The smallest absolute Gasteiger partial charge is 0.0346 e. The quantitative estimate of drug-likeness (QED) is 0.554. The van der Waals surface area contributed by atoms with Gasteiger partial charge in [0, 0.05) is 17.8 Å². The van der Waals surface area contributed by atoms with Crippen LogP contribution in [0, 0.1) is 6.92 Å². The number of hydrogen-bond donors (Lipinski definition) is 0. The van der Waals surface area contributed by atoms with E-state index in [1.165, 1.54) is 16.3 Å². The van der Waals surface area contributed by atoms with Crippen LogP contribution >= 0.6 is 0 Å². The molecule has 0 bridgehead atoms. The summed E-state index contributed by atoms with van der Waals surface area (Å²) in [5.41, 5.74) is 1.28. The number of benzene rings is 1. The van der Waals surface area contributed by atoms with Gasteiger partial charge in [0.25, 0.3) is 0 Å². The number of fused-ring (bicyclic) bond motifs is 1. The van der Waals surface area contributed by atoms with Crippen molar-refractivity contribution in [1.29, 1.82) is 0 Å². The molecule has 1 aromatic carbocycles. The average molecular weight is 171 g/mol. The van der Waals surface area contributed by atoms with Crippen LogP contribution in [0.2, 0.25) is 0 Å². The normalized spacial score (nSPS) is 9.00. The maximum atomic E-state index is 4.05. The van der Waals surface area contributed by atoms with Crippen molar-refractivity contribution in [2.45, 2.75) is 6.92 Å². The zero-order valence-electron chi connectivity index (χ0n) is 7.83. The van der Waals surface area contributed by atoms with Crippen molar-refractivity contribution in [3.8, 4) is 0 Å². The molecule has 66 valence electrons. The Morgan fingerprint density at radius 2 is 1.85 bits per heavy atom. The van der Waals surface area contributed by atoms with Crippen molar-refractivity contribution in [3.05, 3.63) is 55.4 Å². The Balaban J connectivity index is 0.000000396. The van der Waals surface area contributed by atoms with Gasteiger partial charge in [-0.1, -0.05) is 17.7 Å². The monoisotopic (exact) mass is 171 g/mol. The fraction of sp³-hybridized carbons (Fsp3) is 0.0833. The van der Waals surface area contributed by atoms with Gasteiger partial charge in [0.05, 0.1) is 0 Å². The lowest BCUT2D eigenvalue weighted by Gasteiger charge is -1.96. The molecule has 2 rings (SSSR count). The molecule has 1 aromatic heterocycles. The largest absolute Gasteiger partial charge is 0.264 e. The predicted molar refractivity (Wildman–Crippen MR) is 57.7 cm³/mol. The lowest BCUT2D eigenvalue weighted by Crippen LogP contribution is -1.75. The van der Waals surface area contributed by atoms with Gasteiger partial charge in [-0.15, -0.1) is 13.2 Å². The van der Waals surface area contributed by atoms with E-state index in [4.69, 9.17) is 0 Å². The molecule has 1 heterocycles. The third kappa shape index (κ3) is 2.15. The minimum absolute atomic E-state index is 1.22. The molecule has 0 fully saturated rings. The Hall–Kier alpha value is -1.63. The van der Waals surface area contributed by atoms with Crippen molar-refractivity contribution < 1.29 is 0 Å². The van der Waals surface area contributed by atoms with Gasteiger partial charge < -0.3 is 0 Å². The first-order chi connectivity index (χ1) is 6.36. The molecule has 0 amide bonds. The number of pyridine rings is 1. The van der Waals surface area contributed by atoms with Gasteiger partial charge in [0.2, 0.25) is 0 Å². The van der Waals surface area contributed by atoms with E-state index in [9.17, 15) is 0 Å². The summed E-state index contributed by atoms with van der Waals surface area (Å²) in [5.74, 6) is 0. The summed E-state index contributed by atoms with van der Waals surface area (Å²) in [5, 5.41) is 2.47. The molecule has 0 aliphatic rings. The molecule has 1 nitrogen and oxygen atoms in total. The molecule has 0 saturated carbocycles. The molecule has 0 unspecified atom stereocenters. The van der Waals surface area contributed by atoms with Crippen molar-refractivity contribution in [1.82, 2.24) is 4.98 Å². The molecular weight excluding hydrogens is 158 g/mol. The Morgan fingerprint density at radius 3 is 2.62 bits per heavy atom. The minimum Gasteiger partial charge on any atom is -0.264 e. The number of nitrogens with zero attached hydrogens (tertiary/aromatic N) is 1. The van der Waals surface area contributed by atoms with Crippen LogP contribution in [-0.2, 0) is 0 Å². The standard InChI is InChI=1S/C10H9N.C2H4/c1-8-2-3-9-4-5-11-7-10(9)6-8;1-2/h2-7H,1H3;1-2H2. The number of aryl methyl sites for hydroxylation is 1. The van der Waals surface area contributed by atoms with Gasteiger partial charge >= 0.3 is 0 Å². The molecule has 0 aliphatic carbocycles. The van der Waals surface area contributed by atoms with Crippen molar-refractivity contribution in [2.75, 3.05) is 0 Å². The molecule has 0 saturated heterocycles. The maximum absolute atomic E-state index is 4.05. The first-order valence-electron chi connectivity index (χ1n) is 4.17. The topological polar surface area (TPSA) is 12.9 Å². The summed E-state index contributed by atoms with van der Waals surface area (Å²) in [6.07, 6.45) is 3.71. The molecule has 0 N–H and O–H groups in total. The number of rotatable bonds is 0. The number of aromatic nitrogens is 1. The molecular formula is C12H13N. The van der Waals surface area contributed by atoms with E-state index in [-0.39, 0.29) is 0 Å². The van der Waals surface area contributed by atoms with Crippen LogP contribution in [0.25, 0.3) is 10.8 Å². The lowest BCUT2D eigenvalue weighted by atomic mass is 10.1. The molecule has 0 radical (unpaired) electrons. The summed E-state index contributed by atoms with van der Waals surface area (Å²) >= 11 is 0. The van der Waals surface area contributed by atoms with E-state index < -0.39 is 0 Å². The van der Waals surface area contributed by atoms with Crippen LogP contribution in [0.4, 0.5) is 0 Å². The number of hydrogen-bond acceptors (Lipinski definition) is 1. The molecule has 2 aromatic rings. The molecule has 0 atom stereocenters. The molecule has 1 heteroatoms. The van der Waals surface area contributed by atoms with E-state index in [0.29, 0.717) is 0 Å². The van der Waals surface area contributed by atoms with Crippen LogP contribution in [-0.4, -0.2) is 4.98 Å². The Morgan fingerprint density at radius 1 is 1.08 bits per heavy atom. The predicted octanol–water partition coefficient (Wildman–Crippen LogP) is 3.35. The fourth-order valence-electron chi connectivity index (χ4n) is 1.20. The maximum Gasteiger partial charge on any atom is 0.0346 e. The van der Waals surface area contributed by atoms with E-state index in [1.54, 1.807) is 0 Å². The van der Waals surface area contributed by atoms with Crippen LogP contribution in [0.1, 0.15) is 5.56 Å². The third-order valence-corrected chi connectivity index (χ3v) is 1.80. The highest BCUT2D eigenvalue weighted by Crippen LogP contribution is 2.12. The zero-order valence-corrected chi connectivity index (χ0v) is 7.83. The second kappa shape index (κ2) is 4.41. The molecule has 13 heavy (non-hydrogen) atoms. The Kier molecular flexibility index (Phi) is 3.21. The zero-order chi connectivity index (χ0) is 9.68. The highest BCUT2D eigenvalue weighted by Gasteiger charge is 1.90. The second-order valence-electron chi connectivity index (χ2n) is 2.73. The van der Waals surface area contributed by atoms with Gasteiger partial charge in [0.15, 0.2) is 0 Å². The first kappa shape index (κ1) is 9.46. The SMILES string of the molecule is C=C.Cc1ccc2ccncc2c1. The summed E-state index contributed by atoms with van der Waals surface area (Å²) in [7, 11) is 0. The highest BCUT2D eigenvalue weighted by atomic mass is 14.6. The summed E-state index contributed by atoms with van der Waals surface area (Å²) in [6, 6.07) is 8.39. The van der Waals surface area contributed by atoms with Crippen LogP contribution < -0.4 is 0 Å². The Labute approximate surface area is 78.7 Å². The van der Waals surface area contributed by atoms with E-state index in [2.05, 4.69) is 43.3 Å². The van der Waals surface area contributed by atoms with Crippen LogP contribution in [0.15, 0.2) is 49.8 Å². The van der Waals surface area contributed by atoms with Gasteiger partial charge in [0.1, 0.15) is 0 Å². The van der Waals surface area contributed by atoms with Crippen LogP contribution in [0.3, 0.4) is 0 Å². The third-order valence-electron chi connectivity index (χ3n) is 1.80. The van der Waals surface area contributed by atoms with Gasteiger partial charge in [-0.2, -0.15) is 0 Å². The van der Waals surface area contributed by atoms with Crippen molar-refractivity contribution in [2.24, 2.45) is 0 Å². The summed E-state index contributed by atoms with van der Waals surface area (Å²) in [4.78, 5) is 4.05. The average Bonchev–Trinajstić information content (AvgIpc) is 2.21. The van der Waals surface area contributed by atoms with E-state index in [0.717, 1.165) is 0 Å². The van der Waals surface area contributed by atoms with Crippen molar-refractivity contribution >= 4 is 10.8 Å². The van der Waals surface area contributed by atoms with Gasteiger partial charge in [-0.3, -0.25) is 4.98 Å². The van der Waals surface area contributed by atoms with Gasteiger partial charge in [-0.05, 0) is 24.4 Å². The second-order valence-corrected chi connectivity index (χ2v) is 2.73.